The number of thioether (sulfide) groups is 1. The van der Waals surface area contributed by atoms with Crippen LogP contribution in [-0.4, -0.2) is 9.97 Å². The summed E-state index contributed by atoms with van der Waals surface area (Å²) >= 11 is 1.07. The third-order valence-corrected chi connectivity index (χ3v) is 1.16. The van der Waals surface area contributed by atoms with Crippen LogP contribution in [-0.2, 0) is 0 Å². The summed E-state index contributed by atoms with van der Waals surface area (Å²) in [5, 5.41) is 10.8. The summed E-state index contributed by atoms with van der Waals surface area (Å²) in [6.45, 7) is 0. The molecular formula is C4H3N3S. The predicted octanol–water partition coefficient (Wildman–Crippen LogP) is 0.983. The Kier molecular flexibility index (Phi) is 1.55. The molecule has 1 N–H and O–H groups in total. The Labute approximate surface area is 50.7 Å². The van der Waals surface area contributed by atoms with Crippen molar-refractivity contribution in [1.82, 2.24) is 9.97 Å². The van der Waals surface area contributed by atoms with Crippen LogP contribution in [0.5, 0.6) is 0 Å². The number of nitrogens with zero attached hydrogens (tertiary/aromatic N) is 2. The minimum atomic E-state index is 0.785. The molecule has 0 radical (unpaired) electrons. The van der Waals surface area contributed by atoms with Crippen LogP contribution in [0.25, 0.3) is 0 Å². The molecule has 0 aliphatic carbocycles. The van der Waals surface area contributed by atoms with Crippen LogP contribution in [0.3, 0.4) is 0 Å². The molecule has 0 atom stereocenters. The Morgan fingerprint density at radius 1 is 1.88 bits per heavy atom. The predicted molar refractivity (Wildman–Crippen MR) is 30.1 cm³/mol. The molecule has 8 heavy (non-hydrogen) atoms. The Hall–Kier alpha value is -0.950. The molecule has 1 aromatic rings. The number of nitriles is 1. The van der Waals surface area contributed by atoms with E-state index in [9.17, 15) is 0 Å². The highest BCUT2D eigenvalue weighted by atomic mass is 32.2. The molecule has 1 heterocycles. The molecule has 40 valence electrons. The van der Waals surface area contributed by atoms with Crippen LogP contribution in [0, 0.1) is 10.7 Å². The highest BCUT2D eigenvalue weighted by Gasteiger charge is 1.88. The molecule has 1 aromatic heterocycles. The van der Waals surface area contributed by atoms with Gasteiger partial charge in [0.05, 0.1) is 12.5 Å². The lowest BCUT2D eigenvalue weighted by molar-refractivity contribution is 1.21. The van der Waals surface area contributed by atoms with Crippen LogP contribution in [0.15, 0.2) is 17.6 Å². The van der Waals surface area contributed by atoms with Gasteiger partial charge in [-0.25, -0.2) is 4.98 Å². The second-order valence-electron chi connectivity index (χ2n) is 1.11. The van der Waals surface area contributed by atoms with E-state index in [2.05, 4.69) is 9.97 Å². The smallest absolute Gasteiger partial charge is 0.140 e. The van der Waals surface area contributed by atoms with Gasteiger partial charge in [-0.3, -0.25) is 0 Å². The van der Waals surface area contributed by atoms with Gasteiger partial charge in [-0.2, -0.15) is 5.26 Å². The summed E-state index contributed by atoms with van der Waals surface area (Å²) in [5.41, 5.74) is 0. The quantitative estimate of drug-likeness (QED) is 0.449. The second kappa shape index (κ2) is 2.38. The summed E-state index contributed by atoms with van der Waals surface area (Å²) < 4.78 is 0. The first-order chi connectivity index (χ1) is 3.93. The number of H-pyrrole nitrogens is 1. The Balaban J connectivity index is 2.67. The average molecular weight is 125 g/mol. The van der Waals surface area contributed by atoms with E-state index in [1.54, 1.807) is 12.5 Å². The largest absolute Gasteiger partial charge is 0.339 e. The average Bonchev–Trinajstić information content (AvgIpc) is 2.19. The number of hydrogen-bond acceptors (Lipinski definition) is 3. The van der Waals surface area contributed by atoms with E-state index in [4.69, 9.17) is 5.26 Å². The van der Waals surface area contributed by atoms with Gasteiger partial charge in [0.2, 0.25) is 0 Å². The van der Waals surface area contributed by atoms with E-state index in [0.717, 1.165) is 16.8 Å². The normalized spacial score (nSPS) is 8.38. The number of hydrogen-bond donors (Lipinski definition) is 1. The van der Waals surface area contributed by atoms with E-state index in [1.807, 2.05) is 5.40 Å². The summed E-state index contributed by atoms with van der Waals surface area (Å²) in [4.78, 5) is 6.48. The molecule has 0 fully saturated rings. The highest BCUT2D eigenvalue weighted by molar-refractivity contribution is 8.03. The Morgan fingerprint density at radius 3 is 3.25 bits per heavy atom. The molecule has 1 rings (SSSR count). The van der Waals surface area contributed by atoms with Crippen molar-refractivity contribution in [3.8, 4) is 5.40 Å². The van der Waals surface area contributed by atoms with E-state index in [-0.39, 0.29) is 0 Å². The second-order valence-corrected chi connectivity index (χ2v) is 1.94. The fraction of sp³-hybridized carbons (Fsp3) is 0. The number of aromatic nitrogens is 2. The lowest BCUT2D eigenvalue weighted by atomic mass is 11.0. The molecule has 4 heteroatoms. The van der Waals surface area contributed by atoms with Crippen molar-refractivity contribution in [2.75, 3.05) is 0 Å². The maximum absolute atomic E-state index is 8.10. The molecule has 0 spiro atoms. The van der Waals surface area contributed by atoms with Crippen molar-refractivity contribution in [2.24, 2.45) is 0 Å². The Bertz CT molecular complexity index is 186. The summed E-state index contributed by atoms with van der Waals surface area (Å²) in [6.07, 6.45) is 3.15. The zero-order chi connectivity index (χ0) is 5.82. The minimum Gasteiger partial charge on any atom is -0.339 e. The number of nitrogens with one attached hydrogen (secondary N) is 1. The lowest BCUT2D eigenvalue weighted by Crippen LogP contribution is -1.60. The molecule has 0 amide bonds. The molecule has 3 nitrogen and oxygen atoms in total. The van der Waals surface area contributed by atoms with Crippen LogP contribution in [0.2, 0.25) is 0 Å². The van der Waals surface area contributed by atoms with Gasteiger partial charge < -0.3 is 4.98 Å². The van der Waals surface area contributed by atoms with Crippen molar-refractivity contribution in [2.45, 2.75) is 5.03 Å². The molecule has 0 aromatic carbocycles. The Morgan fingerprint density at radius 2 is 2.75 bits per heavy atom. The maximum atomic E-state index is 8.10. The zero-order valence-electron chi connectivity index (χ0n) is 3.96. The maximum Gasteiger partial charge on any atom is 0.140 e. The summed E-state index contributed by atoms with van der Waals surface area (Å²) in [5.74, 6) is 0. The van der Waals surface area contributed by atoms with Gasteiger partial charge in [0, 0.05) is 11.8 Å². The molecule has 0 aliphatic heterocycles. The van der Waals surface area contributed by atoms with E-state index >= 15 is 0 Å². The number of imidazole rings is 1. The highest BCUT2D eigenvalue weighted by Crippen LogP contribution is 2.09. The summed E-state index contributed by atoms with van der Waals surface area (Å²) in [6, 6.07) is 0. The SMILES string of the molecule is N#CSc1cnc[nH]1. The van der Waals surface area contributed by atoms with E-state index in [0.29, 0.717) is 0 Å². The lowest BCUT2D eigenvalue weighted by Gasteiger charge is -1.76. The molecule has 0 unspecified atom stereocenters. The van der Waals surface area contributed by atoms with Crippen molar-refractivity contribution in [3.05, 3.63) is 12.5 Å². The first kappa shape index (κ1) is 5.19. The summed E-state index contributed by atoms with van der Waals surface area (Å²) in [7, 11) is 0. The van der Waals surface area contributed by atoms with E-state index < -0.39 is 0 Å². The van der Waals surface area contributed by atoms with Gasteiger partial charge >= 0.3 is 0 Å². The van der Waals surface area contributed by atoms with Crippen molar-refractivity contribution in [3.63, 3.8) is 0 Å². The first-order valence-corrected chi connectivity index (χ1v) is 2.79. The van der Waals surface area contributed by atoms with Crippen LogP contribution in [0.4, 0.5) is 0 Å². The van der Waals surface area contributed by atoms with Gasteiger partial charge in [-0.1, -0.05) is 0 Å². The molecular weight excluding hydrogens is 122 g/mol. The molecule has 0 saturated heterocycles. The molecule has 0 aliphatic rings. The molecule has 0 saturated carbocycles. The van der Waals surface area contributed by atoms with E-state index in [1.165, 1.54) is 0 Å². The number of aromatic amines is 1. The van der Waals surface area contributed by atoms with Crippen LogP contribution >= 0.6 is 11.8 Å². The fourth-order valence-corrected chi connectivity index (χ4v) is 0.672. The third kappa shape index (κ3) is 1.01. The third-order valence-electron chi connectivity index (χ3n) is 0.629. The van der Waals surface area contributed by atoms with Crippen LogP contribution < -0.4 is 0 Å². The van der Waals surface area contributed by atoms with Gasteiger partial charge in [0.25, 0.3) is 0 Å². The zero-order valence-corrected chi connectivity index (χ0v) is 4.77. The van der Waals surface area contributed by atoms with Crippen molar-refractivity contribution < 1.29 is 0 Å². The molecule has 0 bridgehead atoms. The number of thiocyanates is 1. The topological polar surface area (TPSA) is 52.5 Å². The van der Waals surface area contributed by atoms with Crippen molar-refractivity contribution in [1.29, 1.82) is 5.26 Å². The van der Waals surface area contributed by atoms with Gasteiger partial charge in [0.15, 0.2) is 0 Å². The standard InChI is InChI=1S/C4H3N3S/c5-2-8-4-1-6-3-7-4/h1,3H,(H,6,7). The monoisotopic (exact) mass is 125 g/mol. The minimum absolute atomic E-state index is 0.785. The van der Waals surface area contributed by atoms with Gasteiger partial charge in [-0.05, 0) is 0 Å². The van der Waals surface area contributed by atoms with Crippen molar-refractivity contribution >= 4 is 11.8 Å². The fourth-order valence-electron chi connectivity index (χ4n) is 0.348. The van der Waals surface area contributed by atoms with Gasteiger partial charge in [-0.15, -0.1) is 0 Å². The number of rotatable bonds is 1. The first-order valence-electron chi connectivity index (χ1n) is 1.98. The van der Waals surface area contributed by atoms with Crippen LogP contribution in [0.1, 0.15) is 0 Å². The van der Waals surface area contributed by atoms with Gasteiger partial charge in [0.1, 0.15) is 10.4 Å².